The zero-order valence-corrected chi connectivity index (χ0v) is 16.5. The molecule has 9 nitrogen and oxygen atoms in total. The first kappa shape index (κ1) is 19.3. The molecule has 3 aromatic rings. The highest BCUT2D eigenvalue weighted by Crippen LogP contribution is 2.28. The monoisotopic (exact) mass is 381 g/mol. The number of carbonyl (C=O) groups is 1. The van der Waals surface area contributed by atoms with Crippen molar-refractivity contribution in [3.05, 3.63) is 41.4 Å². The summed E-state index contributed by atoms with van der Waals surface area (Å²) in [6.07, 6.45) is 1.54. The van der Waals surface area contributed by atoms with Gasteiger partial charge >= 0.3 is 0 Å². The molecule has 1 aromatic carbocycles. The van der Waals surface area contributed by atoms with Crippen LogP contribution in [0, 0.1) is 6.92 Å². The third-order valence-corrected chi connectivity index (χ3v) is 4.07. The number of nitrogens with two attached hydrogens (primary N) is 1. The topological polar surface area (TPSA) is 132 Å². The molecule has 0 atom stereocenters. The number of carbonyl (C=O) groups excluding carboxylic acids is 1. The molecule has 0 saturated heterocycles. The van der Waals surface area contributed by atoms with Crippen molar-refractivity contribution in [2.45, 2.75) is 33.1 Å². The highest BCUT2D eigenvalue weighted by atomic mass is 16.4. The molecular formula is C19H23N7O2. The molecule has 2 aromatic heterocycles. The van der Waals surface area contributed by atoms with Gasteiger partial charge in [-0.2, -0.15) is 4.98 Å². The average molecular weight is 381 g/mol. The van der Waals surface area contributed by atoms with Crippen LogP contribution in [0.4, 0.5) is 17.5 Å². The van der Waals surface area contributed by atoms with E-state index in [1.165, 1.54) is 6.20 Å². The van der Waals surface area contributed by atoms with Gasteiger partial charge in [-0.3, -0.25) is 4.79 Å². The Bertz CT molecular complexity index is 1020. The van der Waals surface area contributed by atoms with E-state index in [0.29, 0.717) is 23.0 Å². The molecule has 0 fully saturated rings. The predicted molar refractivity (Wildman–Crippen MR) is 106 cm³/mol. The standard InChI is InChI=1S/C19H23N7O2/c1-10-8-11(6-7-12(10)15(27)21-5)23-18-22-9-13(14(20)24-18)16-25-26-17(28-16)19(2,3)4/h6-9H,1-5H3,(H,21,27)(H3,20,22,23,24). The van der Waals surface area contributed by atoms with Gasteiger partial charge in [-0.25, -0.2) is 4.98 Å². The van der Waals surface area contributed by atoms with Gasteiger partial charge in [0.15, 0.2) is 0 Å². The molecule has 9 heteroatoms. The first-order valence-electron chi connectivity index (χ1n) is 8.75. The Morgan fingerprint density at radius 3 is 2.54 bits per heavy atom. The number of hydrogen-bond acceptors (Lipinski definition) is 8. The maximum atomic E-state index is 11.8. The van der Waals surface area contributed by atoms with Gasteiger partial charge < -0.3 is 20.8 Å². The number of benzene rings is 1. The van der Waals surface area contributed by atoms with Crippen LogP contribution in [-0.2, 0) is 5.41 Å². The highest BCUT2D eigenvalue weighted by Gasteiger charge is 2.23. The van der Waals surface area contributed by atoms with Crippen LogP contribution >= 0.6 is 0 Å². The van der Waals surface area contributed by atoms with Crippen molar-refractivity contribution in [1.82, 2.24) is 25.5 Å². The molecule has 2 heterocycles. The molecule has 146 valence electrons. The first-order chi connectivity index (χ1) is 13.2. The molecule has 0 saturated carbocycles. The zero-order valence-electron chi connectivity index (χ0n) is 16.5. The Kier molecular flexibility index (Phi) is 5.00. The van der Waals surface area contributed by atoms with E-state index in [4.69, 9.17) is 10.2 Å². The van der Waals surface area contributed by atoms with Gasteiger partial charge in [0.2, 0.25) is 11.8 Å². The van der Waals surface area contributed by atoms with E-state index in [-0.39, 0.29) is 23.0 Å². The molecule has 0 aliphatic rings. The molecule has 0 radical (unpaired) electrons. The maximum Gasteiger partial charge on any atom is 0.253 e. The Morgan fingerprint density at radius 2 is 1.96 bits per heavy atom. The normalized spacial score (nSPS) is 11.3. The van der Waals surface area contributed by atoms with E-state index in [9.17, 15) is 4.79 Å². The fraction of sp³-hybridized carbons (Fsp3) is 0.316. The summed E-state index contributed by atoms with van der Waals surface area (Å²) in [5.41, 5.74) is 8.45. The van der Waals surface area contributed by atoms with Crippen LogP contribution in [0.3, 0.4) is 0 Å². The van der Waals surface area contributed by atoms with Gasteiger partial charge in [-0.1, -0.05) is 20.8 Å². The van der Waals surface area contributed by atoms with E-state index >= 15 is 0 Å². The van der Waals surface area contributed by atoms with Crippen LogP contribution in [0.2, 0.25) is 0 Å². The number of hydrogen-bond donors (Lipinski definition) is 3. The zero-order chi connectivity index (χ0) is 20.5. The number of aryl methyl sites for hydroxylation is 1. The minimum absolute atomic E-state index is 0.136. The molecule has 1 amide bonds. The van der Waals surface area contributed by atoms with E-state index < -0.39 is 0 Å². The molecule has 0 bridgehead atoms. The average Bonchev–Trinajstić information content (AvgIpc) is 3.11. The molecule has 0 aliphatic carbocycles. The van der Waals surface area contributed by atoms with Gasteiger partial charge in [0.25, 0.3) is 11.8 Å². The molecule has 28 heavy (non-hydrogen) atoms. The minimum Gasteiger partial charge on any atom is -0.420 e. The molecule has 4 N–H and O–H groups in total. The number of rotatable bonds is 4. The molecule has 0 unspecified atom stereocenters. The number of nitrogen functional groups attached to an aromatic ring is 1. The summed E-state index contributed by atoms with van der Waals surface area (Å²) in [5.74, 6) is 1.20. The first-order valence-corrected chi connectivity index (χ1v) is 8.75. The van der Waals surface area contributed by atoms with Gasteiger partial charge in [-0.05, 0) is 30.7 Å². The van der Waals surface area contributed by atoms with Crippen molar-refractivity contribution in [3.8, 4) is 11.5 Å². The molecule has 0 aliphatic heterocycles. The van der Waals surface area contributed by atoms with Crippen LogP contribution in [0.1, 0.15) is 42.6 Å². The lowest BCUT2D eigenvalue weighted by Gasteiger charge is -2.11. The summed E-state index contributed by atoms with van der Waals surface area (Å²) in [5, 5.41) is 13.8. The third kappa shape index (κ3) is 3.93. The van der Waals surface area contributed by atoms with Crippen LogP contribution in [0.25, 0.3) is 11.5 Å². The van der Waals surface area contributed by atoms with E-state index in [2.05, 4.69) is 30.8 Å². The van der Waals surface area contributed by atoms with Crippen molar-refractivity contribution in [1.29, 1.82) is 0 Å². The van der Waals surface area contributed by atoms with Gasteiger partial charge in [-0.15, -0.1) is 10.2 Å². The summed E-state index contributed by atoms with van der Waals surface area (Å²) >= 11 is 0. The Morgan fingerprint density at radius 1 is 1.21 bits per heavy atom. The third-order valence-electron chi connectivity index (χ3n) is 4.07. The smallest absolute Gasteiger partial charge is 0.253 e. The minimum atomic E-state index is -0.263. The van der Waals surface area contributed by atoms with Gasteiger partial charge in [0.05, 0.1) is 5.56 Å². The van der Waals surface area contributed by atoms with Crippen molar-refractivity contribution in [2.24, 2.45) is 0 Å². The quantitative estimate of drug-likeness (QED) is 0.628. The maximum absolute atomic E-state index is 11.8. The molecule has 3 rings (SSSR count). The Labute approximate surface area is 162 Å². The van der Waals surface area contributed by atoms with Crippen LogP contribution in [-0.4, -0.2) is 33.1 Å². The van der Waals surface area contributed by atoms with Crippen molar-refractivity contribution in [3.63, 3.8) is 0 Å². The Balaban J connectivity index is 1.82. The summed E-state index contributed by atoms with van der Waals surface area (Å²) in [6.45, 7) is 7.80. The van der Waals surface area contributed by atoms with E-state index in [1.54, 1.807) is 19.2 Å². The number of aromatic nitrogens is 4. The van der Waals surface area contributed by atoms with Gasteiger partial charge in [0.1, 0.15) is 5.82 Å². The summed E-state index contributed by atoms with van der Waals surface area (Å²) in [6, 6.07) is 5.35. The highest BCUT2D eigenvalue weighted by molar-refractivity contribution is 5.95. The van der Waals surface area contributed by atoms with Crippen LogP contribution < -0.4 is 16.4 Å². The van der Waals surface area contributed by atoms with E-state index in [1.807, 2.05) is 33.8 Å². The summed E-state index contributed by atoms with van der Waals surface area (Å²) in [7, 11) is 1.60. The lowest BCUT2D eigenvalue weighted by molar-refractivity contribution is 0.0962. The lowest BCUT2D eigenvalue weighted by atomic mass is 9.97. The summed E-state index contributed by atoms with van der Waals surface area (Å²) < 4.78 is 5.69. The molecule has 0 spiro atoms. The Hall–Kier alpha value is -3.49. The van der Waals surface area contributed by atoms with Crippen molar-refractivity contribution >= 4 is 23.4 Å². The van der Waals surface area contributed by atoms with Gasteiger partial charge in [0, 0.05) is 29.9 Å². The second kappa shape index (κ2) is 7.26. The molecular weight excluding hydrogens is 358 g/mol. The fourth-order valence-corrected chi connectivity index (χ4v) is 2.52. The van der Waals surface area contributed by atoms with Crippen molar-refractivity contribution < 1.29 is 9.21 Å². The lowest BCUT2D eigenvalue weighted by Crippen LogP contribution is -2.18. The van der Waals surface area contributed by atoms with E-state index in [0.717, 1.165) is 11.3 Å². The number of anilines is 3. The SMILES string of the molecule is CNC(=O)c1ccc(Nc2ncc(-c3nnc(C(C)(C)C)o3)c(N)n2)cc1C. The second-order valence-electron chi connectivity index (χ2n) is 7.39. The predicted octanol–water partition coefficient (Wildman–Crippen LogP) is 2.82. The van der Waals surface area contributed by atoms with Crippen molar-refractivity contribution in [2.75, 3.05) is 18.1 Å². The fourth-order valence-electron chi connectivity index (χ4n) is 2.52. The number of nitrogens with one attached hydrogen (secondary N) is 2. The van der Waals surface area contributed by atoms with Crippen LogP contribution in [0.15, 0.2) is 28.8 Å². The summed E-state index contributed by atoms with van der Waals surface area (Å²) in [4.78, 5) is 20.3. The number of nitrogens with zero attached hydrogens (tertiary/aromatic N) is 4. The largest absolute Gasteiger partial charge is 0.420 e. The second-order valence-corrected chi connectivity index (χ2v) is 7.39. The van der Waals surface area contributed by atoms with Crippen LogP contribution in [0.5, 0.6) is 0 Å². The number of amides is 1.